The first-order chi connectivity index (χ1) is 32.9. The van der Waals surface area contributed by atoms with Crippen molar-refractivity contribution in [3.63, 3.8) is 0 Å². The van der Waals surface area contributed by atoms with Gasteiger partial charge < -0.3 is 48.3 Å². The van der Waals surface area contributed by atoms with Crippen LogP contribution in [0.1, 0.15) is 117 Å². The number of alkyl carbamates (subject to hydrolysis) is 2. The first-order valence-corrected chi connectivity index (χ1v) is 25.2. The molecule has 2 aliphatic heterocycles. The van der Waals surface area contributed by atoms with Crippen LogP contribution in [0.2, 0.25) is 0 Å². The molecule has 2 aromatic carbocycles. The molecule has 4 heterocycles. The van der Waals surface area contributed by atoms with Gasteiger partial charge in [-0.3, -0.25) is 9.59 Å². The lowest BCUT2D eigenvalue weighted by Gasteiger charge is -2.27. The highest BCUT2D eigenvalue weighted by Crippen LogP contribution is 2.44. The molecule has 2 aromatic heterocycles. The number of aromatic nitrogens is 2. The van der Waals surface area contributed by atoms with Gasteiger partial charge in [0, 0.05) is 73.3 Å². The van der Waals surface area contributed by atoms with Crippen LogP contribution in [0, 0.1) is 37.3 Å². The van der Waals surface area contributed by atoms with Gasteiger partial charge in [-0.1, -0.05) is 0 Å². The zero-order valence-corrected chi connectivity index (χ0v) is 42.4. The predicted octanol–water partition coefficient (Wildman–Crippen LogP) is 8.98. The van der Waals surface area contributed by atoms with E-state index in [1.165, 1.54) is 23.6 Å². The van der Waals surface area contributed by atoms with Gasteiger partial charge in [-0.25, -0.2) is 18.4 Å². The van der Waals surface area contributed by atoms with Gasteiger partial charge in [-0.2, -0.15) is 21.6 Å². The topological polar surface area (TPSA) is 191 Å². The molecule has 3 N–H and O–H groups in total. The number of carbonyl (C=O) groups excluding carboxylic acids is 2. The summed E-state index contributed by atoms with van der Waals surface area (Å²) in [5, 5.41) is 16.1. The molecule has 0 bridgehead atoms. The minimum atomic E-state index is -6.09. The van der Waals surface area contributed by atoms with Crippen molar-refractivity contribution in [1.82, 2.24) is 19.8 Å². The van der Waals surface area contributed by atoms with Crippen molar-refractivity contribution < 1.29 is 58.7 Å². The number of halogens is 5. The van der Waals surface area contributed by atoms with E-state index in [-0.39, 0.29) is 69.5 Å². The Morgan fingerprint density at radius 3 is 1.46 bits per heavy atom. The number of fused-ring (bicyclic) bond motifs is 2. The average Bonchev–Trinajstić information content (AvgIpc) is 4.14. The molecule has 71 heavy (non-hydrogen) atoms. The minimum Gasteiger partial charge on any atom is -0.507 e. The van der Waals surface area contributed by atoms with Crippen LogP contribution in [0.3, 0.4) is 0 Å². The second-order valence-electron chi connectivity index (χ2n) is 21.2. The van der Waals surface area contributed by atoms with Crippen molar-refractivity contribution in [2.45, 2.75) is 149 Å². The Bertz CT molecular complexity index is 2980. The molecule has 4 atom stereocenters. The number of aryl methyl sites for hydroxylation is 2. The van der Waals surface area contributed by atoms with E-state index in [1.807, 2.05) is 46.4 Å². The molecule has 4 aliphatic rings. The smallest absolute Gasteiger partial charge is 0.507 e. The third-order valence-corrected chi connectivity index (χ3v) is 14.2. The molecule has 22 heteroatoms. The third-order valence-electron chi connectivity index (χ3n) is 13.2. The van der Waals surface area contributed by atoms with Gasteiger partial charge in [0.25, 0.3) is 11.1 Å². The van der Waals surface area contributed by atoms with Crippen molar-refractivity contribution in [2.75, 3.05) is 36.0 Å². The highest BCUT2D eigenvalue weighted by molar-refractivity contribution is 7.88. The molecular weight excluding hydrogens is 960 g/mol. The fraction of sp³-hybridized carbons (Fsp3) is 0.592. The molecule has 2 saturated heterocycles. The van der Waals surface area contributed by atoms with E-state index in [4.69, 9.17) is 9.47 Å². The number of hydrogen-bond donors (Lipinski definition) is 3. The van der Waals surface area contributed by atoms with Crippen molar-refractivity contribution in [3.8, 4) is 11.5 Å². The Morgan fingerprint density at radius 2 is 1.07 bits per heavy atom. The maximum absolute atomic E-state index is 15.6. The number of nitrogens with zero attached hydrogens (tertiary/aromatic N) is 4. The number of alkyl halides is 3. The fourth-order valence-corrected chi connectivity index (χ4v) is 10.2. The van der Waals surface area contributed by atoms with Gasteiger partial charge in [0.2, 0.25) is 0 Å². The Hall–Kier alpha value is -5.80. The number of anilines is 2. The van der Waals surface area contributed by atoms with E-state index in [2.05, 4.69) is 14.8 Å². The van der Waals surface area contributed by atoms with Gasteiger partial charge in [0.05, 0.1) is 22.4 Å². The molecule has 0 radical (unpaired) electrons. The molecule has 4 fully saturated rings. The largest absolute Gasteiger partial charge is 0.534 e. The molecule has 2 saturated carbocycles. The zero-order chi connectivity index (χ0) is 52.4. The predicted molar refractivity (Wildman–Crippen MR) is 258 cm³/mol. The lowest BCUT2D eigenvalue weighted by atomic mass is 10.0. The summed E-state index contributed by atoms with van der Waals surface area (Å²) in [6.07, 6.45) is 3.47. The standard InChI is InChI=1S/C25H31F4N3O6S.C24H32FN3O4/c1-13-21-17(19(38-39(35,36)25(27,28)29)11-20(33)32(21)16-6-7-16)10-18(26)22(13)31-9-8-15(12-31)14(2)30-23(34)37-24(3,4)5;1-13-21-17(19(29)11-20(30)28(21)16-6-7-16)10-18(25)22(13)27-9-8-15(12-27)14(2)26-23(31)32-24(3,4)5/h10-11,14-16H,6-9,12H2,1-5H3,(H,30,34);10-11,14-16,29H,6-9,12H2,1-5H3,(H,26,31)/t2*14-,15+/m00/s1. The number of benzene rings is 2. The van der Waals surface area contributed by atoms with Crippen LogP contribution in [0.15, 0.2) is 33.9 Å². The molecule has 390 valence electrons. The Kier molecular flexibility index (Phi) is 14.4. The molecule has 8 rings (SSSR count). The second kappa shape index (κ2) is 19.3. The lowest BCUT2D eigenvalue weighted by Crippen LogP contribution is -2.42. The summed E-state index contributed by atoms with van der Waals surface area (Å²) in [4.78, 5) is 53.6. The SMILES string of the molecule is Cc1c(N2CC[C@@H]([C@H](C)NC(=O)OC(C)(C)C)C2)c(F)cc2c(O)cc(=O)n(C3CC3)c12.Cc1c(N2CC[C@@H]([C@H](C)NC(=O)OC(C)(C)C)C2)c(F)cc2c(OS(=O)(=O)C(F)(F)F)cc(=O)n(C3CC3)c12. The summed E-state index contributed by atoms with van der Waals surface area (Å²) in [7, 11) is -6.09. The number of pyridine rings is 2. The van der Waals surface area contributed by atoms with Gasteiger partial charge in [0.1, 0.15) is 28.6 Å². The minimum absolute atomic E-state index is 0.0655. The molecule has 2 amide bonds. The Labute approximate surface area is 408 Å². The van der Waals surface area contributed by atoms with Crippen molar-refractivity contribution in [2.24, 2.45) is 11.8 Å². The van der Waals surface area contributed by atoms with E-state index >= 15 is 8.78 Å². The first kappa shape index (κ1) is 53.0. The molecule has 0 spiro atoms. The summed E-state index contributed by atoms with van der Waals surface area (Å²) >= 11 is 0. The quantitative estimate of drug-likeness (QED) is 0.0778. The van der Waals surface area contributed by atoms with Crippen molar-refractivity contribution in [1.29, 1.82) is 0 Å². The van der Waals surface area contributed by atoms with Crippen LogP contribution in [0.25, 0.3) is 21.8 Å². The van der Waals surface area contributed by atoms with Gasteiger partial charge >= 0.3 is 27.8 Å². The van der Waals surface area contributed by atoms with E-state index in [9.17, 15) is 45.9 Å². The summed E-state index contributed by atoms with van der Waals surface area (Å²) in [6.45, 7) is 19.8. The number of hydrogen-bond acceptors (Lipinski definition) is 12. The number of ether oxygens (including phenoxy) is 2. The van der Waals surface area contributed by atoms with Gasteiger partial charge in [-0.15, -0.1) is 0 Å². The lowest BCUT2D eigenvalue weighted by molar-refractivity contribution is -0.0499. The number of rotatable bonds is 10. The second-order valence-corrected chi connectivity index (χ2v) is 22.8. The van der Waals surface area contributed by atoms with E-state index in [0.29, 0.717) is 73.7 Å². The number of nitrogens with one attached hydrogen (secondary N) is 2. The van der Waals surface area contributed by atoms with Gasteiger partial charge in [0.15, 0.2) is 5.75 Å². The van der Waals surface area contributed by atoms with E-state index in [1.54, 1.807) is 30.2 Å². The average molecular weight is 1020 g/mol. The maximum atomic E-state index is 15.6. The van der Waals surface area contributed by atoms with Crippen LogP contribution in [-0.2, 0) is 19.6 Å². The fourth-order valence-electron chi connectivity index (χ4n) is 9.68. The summed E-state index contributed by atoms with van der Waals surface area (Å²) in [5.74, 6) is -2.23. The molecule has 0 unspecified atom stereocenters. The van der Waals surface area contributed by atoms with Crippen LogP contribution in [0.5, 0.6) is 11.5 Å². The van der Waals surface area contributed by atoms with Crippen LogP contribution in [0.4, 0.5) is 42.9 Å². The zero-order valence-electron chi connectivity index (χ0n) is 41.6. The van der Waals surface area contributed by atoms with E-state index in [0.717, 1.165) is 25.3 Å². The maximum Gasteiger partial charge on any atom is 0.534 e. The van der Waals surface area contributed by atoms with Crippen LogP contribution in [-0.4, -0.2) is 89.8 Å². The normalized spacial score (nSPS) is 19.6. The first-order valence-electron chi connectivity index (χ1n) is 23.8. The third kappa shape index (κ3) is 11.6. The molecule has 2 aliphatic carbocycles. The van der Waals surface area contributed by atoms with Crippen molar-refractivity contribution >= 4 is 55.5 Å². The monoisotopic (exact) mass is 1020 g/mol. The highest BCUT2D eigenvalue weighted by Gasteiger charge is 2.49. The summed E-state index contributed by atoms with van der Waals surface area (Å²) in [5.41, 5.74) is -5.69. The van der Waals surface area contributed by atoms with Crippen LogP contribution < -0.4 is 35.7 Å². The summed E-state index contributed by atoms with van der Waals surface area (Å²) < 4.78 is 111. The molecule has 4 aromatic rings. The molecular formula is C49H63F5N6O10S. The van der Waals surface area contributed by atoms with E-state index < -0.39 is 62.0 Å². The summed E-state index contributed by atoms with van der Waals surface area (Å²) in [6, 6.07) is 3.50. The number of aromatic hydroxyl groups is 1. The van der Waals surface area contributed by atoms with Crippen LogP contribution >= 0.6 is 0 Å². The Morgan fingerprint density at radius 1 is 0.676 bits per heavy atom. The number of carbonyl (C=O) groups is 2. The van der Waals surface area contributed by atoms with Gasteiger partial charge in [-0.05, 0) is 143 Å². The highest BCUT2D eigenvalue weighted by atomic mass is 32.2. The van der Waals surface area contributed by atoms with Crippen molar-refractivity contribution in [3.05, 3.63) is 67.7 Å². The Balaban J connectivity index is 0.000000213. The number of amides is 2. The molecule has 16 nitrogen and oxygen atoms in total.